The Hall–Kier alpha value is -3.10. The minimum absolute atomic E-state index is 0.00704. The molecule has 1 aromatic carbocycles. The van der Waals surface area contributed by atoms with E-state index in [1.54, 1.807) is 6.20 Å². The summed E-state index contributed by atoms with van der Waals surface area (Å²) in [7, 11) is 0. The maximum Gasteiger partial charge on any atom is 0.227 e. The van der Waals surface area contributed by atoms with Crippen LogP contribution in [-0.2, 0) is 17.9 Å². The molecule has 0 bridgehead atoms. The van der Waals surface area contributed by atoms with E-state index in [0.29, 0.717) is 35.4 Å². The Kier molecular flexibility index (Phi) is 6.39. The smallest absolute Gasteiger partial charge is 0.227 e. The van der Waals surface area contributed by atoms with Crippen LogP contribution in [0.2, 0.25) is 0 Å². The van der Waals surface area contributed by atoms with Crippen LogP contribution in [0, 0.1) is 5.82 Å². The zero-order valence-electron chi connectivity index (χ0n) is 17.7. The van der Waals surface area contributed by atoms with Crippen molar-refractivity contribution >= 4 is 5.70 Å². The van der Waals surface area contributed by atoms with Crippen molar-refractivity contribution in [1.82, 2.24) is 19.9 Å². The number of nitrogens with zero attached hydrogens (tertiary/aromatic N) is 4. The van der Waals surface area contributed by atoms with Crippen LogP contribution in [0.1, 0.15) is 37.8 Å². The predicted octanol–water partition coefficient (Wildman–Crippen LogP) is 2.08. The van der Waals surface area contributed by atoms with Crippen molar-refractivity contribution in [2.24, 2.45) is 4.99 Å². The summed E-state index contributed by atoms with van der Waals surface area (Å²) in [6.07, 6.45) is 4.27. The minimum Gasteiger partial charge on any atom is -0.392 e. The molecule has 31 heavy (non-hydrogen) atoms. The topological polar surface area (TPSA) is 84.6 Å². The second kappa shape index (κ2) is 9.36. The summed E-state index contributed by atoms with van der Waals surface area (Å²) in [5.41, 5.74) is 3.97. The zero-order chi connectivity index (χ0) is 21.8. The Morgan fingerprint density at radius 1 is 1.19 bits per heavy atom. The van der Waals surface area contributed by atoms with Gasteiger partial charge in [-0.2, -0.15) is 0 Å². The van der Waals surface area contributed by atoms with Gasteiger partial charge < -0.3 is 19.7 Å². The molecule has 0 amide bonds. The largest absolute Gasteiger partial charge is 0.392 e. The van der Waals surface area contributed by atoms with Crippen molar-refractivity contribution < 1.29 is 14.2 Å². The fourth-order valence-corrected chi connectivity index (χ4v) is 3.48. The van der Waals surface area contributed by atoms with E-state index in [4.69, 9.17) is 14.7 Å². The van der Waals surface area contributed by atoms with E-state index >= 15 is 0 Å². The lowest BCUT2D eigenvalue weighted by atomic mass is 10.1. The van der Waals surface area contributed by atoms with E-state index in [-0.39, 0.29) is 6.61 Å². The maximum absolute atomic E-state index is 13.9. The van der Waals surface area contributed by atoms with Gasteiger partial charge in [0.2, 0.25) is 6.35 Å². The Bertz CT molecular complexity index is 1170. The zero-order valence-corrected chi connectivity index (χ0v) is 17.7. The van der Waals surface area contributed by atoms with Gasteiger partial charge in [0.1, 0.15) is 17.0 Å². The van der Waals surface area contributed by atoms with E-state index in [1.165, 1.54) is 12.3 Å². The highest BCUT2D eigenvalue weighted by molar-refractivity contribution is 5.55. The molecule has 1 unspecified atom stereocenters. The van der Waals surface area contributed by atoms with Gasteiger partial charge in [0.25, 0.3) is 0 Å². The second-order valence-corrected chi connectivity index (χ2v) is 7.54. The number of halogens is 1. The molecule has 0 radical (unpaired) electrons. The number of aliphatic hydroxyl groups excluding tert-OH is 1. The van der Waals surface area contributed by atoms with Crippen LogP contribution in [-0.4, -0.2) is 32.6 Å². The molecule has 0 spiro atoms. The van der Waals surface area contributed by atoms with Crippen molar-refractivity contribution in [3.8, 4) is 11.4 Å². The fourth-order valence-electron chi connectivity index (χ4n) is 3.48. The number of aromatic nitrogens is 3. The van der Waals surface area contributed by atoms with Gasteiger partial charge in [-0.15, -0.1) is 0 Å². The number of unbranched alkanes of at least 4 members (excludes halogenated alkanes) is 1. The van der Waals surface area contributed by atoms with Crippen LogP contribution in [0.25, 0.3) is 17.1 Å². The Labute approximate surface area is 180 Å². The molecule has 7 nitrogen and oxygen atoms in total. The average Bonchev–Trinajstić information content (AvgIpc) is 3.13. The number of nitrogens with one attached hydrogen (secondary N) is 1. The molecule has 1 aliphatic rings. The van der Waals surface area contributed by atoms with Crippen molar-refractivity contribution in [3.63, 3.8) is 0 Å². The van der Waals surface area contributed by atoms with Crippen LogP contribution >= 0.6 is 0 Å². The number of ether oxygens (including phenoxy) is 1. The van der Waals surface area contributed by atoms with Crippen LogP contribution in [0.15, 0.2) is 47.7 Å². The van der Waals surface area contributed by atoms with E-state index < -0.39 is 12.2 Å². The van der Waals surface area contributed by atoms with E-state index in [1.807, 2.05) is 35.8 Å². The minimum atomic E-state index is -0.496. The van der Waals surface area contributed by atoms with Crippen LogP contribution in [0.4, 0.5) is 4.39 Å². The SMILES string of the molecule is CCCCOC1N=c2c(nc(-c3cncc(F)c3)n2Cc2ccc(CO)cc2)=C(C)N1. The van der Waals surface area contributed by atoms with E-state index in [9.17, 15) is 9.50 Å². The molecule has 0 aliphatic carbocycles. The van der Waals surface area contributed by atoms with Crippen molar-refractivity contribution in [3.05, 3.63) is 70.5 Å². The quantitative estimate of drug-likeness (QED) is 0.542. The van der Waals surface area contributed by atoms with Crippen molar-refractivity contribution in [2.75, 3.05) is 6.61 Å². The molecule has 0 saturated carbocycles. The van der Waals surface area contributed by atoms with Gasteiger partial charge in [0.15, 0.2) is 5.49 Å². The summed E-state index contributed by atoms with van der Waals surface area (Å²) in [5, 5.41) is 13.3. The number of hydrogen-bond donors (Lipinski definition) is 2. The van der Waals surface area contributed by atoms with Crippen LogP contribution < -0.4 is 16.2 Å². The molecule has 2 N–H and O–H groups in total. The first-order chi connectivity index (χ1) is 15.1. The molecule has 0 fully saturated rings. The number of hydrogen-bond acceptors (Lipinski definition) is 6. The van der Waals surface area contributed by atoms with Gasteiger partial charge in [0.05, 0.1) is 26.0 Å². The second-order valence-electron chi connectivity index (χ2n) is 7.54. The molecule has 4 rings (SSSR count). The maximum atomic E-state index is 13.9. The van der Waals surface area contributed by atoms with Gasteiger partial charge >= 0.3 is 0 Å². The number of benzene rings is 1. The average molecular weight is 423 g/mol. The van der Waals surface area contributed by atoms with Gasteiger partial charge in [-0.1, -0.05) is 37.6 Å². The highest BCUT2D eigenvalue weighted by Crippen LogP contribution is 2.17. The van der Waals surface area contributed by atoms with Gasteiger partial charge in [0, 0.05) is 17.5 Å². The first-order valence-corrected chi connectivity index (χ1v) is 10.4. The molecule has 1 aliphatic heterocycles. The molecule has 162 valence electrons. The monoisotopic (exact) mass is 423 g/mol. The van der Waals surface area contributed by atoms with Crippen molar-refractivity contribution in [1.29, 1.82) is 0 Å². The number of rotatable bonds is 8. The van der Waals surface area contributed by atoms with Gasteiger partial charge in [-0.05, 0) is 30.5 Å². The first kappa shape index (κ1) is 21.1. The molecule has 3 heterocycles. The standard InChI is InChI=1S/C23H26FN5O2/c1-3-4-9-31-23-26-15(2)20-22(28-23)29(13-16-5-7-17(14-30)8-6-16)21(27-20)18-10-19(24)12-25-11-18/h5-8,10-12,23,26,30H,3-4,9,13-14H2,1-2H3. The number of fused-ring (bicyclic) bond motifs is 1. The number of aliphatic hydroxyl groups is 1. The predicted molar refractivity (Wildman–Crippen MR) is 115 cm³/mol. The van der Waals surface area contributed by atoms with Gasteiger partial charge in [-0.3, -0.25) is 4.98 Å². The first-order valence-electron chi connectivity index (χ1n) is 10.4. The van der Waals surface area contributed by atoms with Crippen LogP contribution in [0.5, 0.6) is 0 Å². The number of imidazole rings is 1. The summed E-state index contributed by atoms with van der Waals surface area (Å²) >= 11 is 0. The van der Waals surface area contributed by atoms with Crippen molar-refractivity contribution in [2.45, 2.75) is 46.2 Å². The highest BCUT2D eigenvalue weighted by atomic mass is 19.1. The molecule has 3 aromatic rings. The van der Waals surface area contributed by atoms with E-state index in [0.717, 1.165) is 29.7 Å². The normalized spacial score (nSPS) is 15.4. The lowest BCUT2D eigenvalue weighted by Gasteiger charge is -2.19. The Balaban J connectivity index is 1.82. The summed E-state index contributed by atoms with van der Waals surface area (Å²) in [5.74, 6) is 0.163. The van der Waals surface area contributed by atoms with Crippen LogP contribution in [0.3, 0.4) is 0 Å². The molecule has 1 atom stereocenters. The Morgan fingerprint density at radius 2 is 1.97 bits per heavy atom. The fraction of sp³-hybridized carbons (Fsp3) is 0.348. The lowest BCUT2D eigenvalue weighted by molar-refractivity contribution is 0.0405. The third-order valence-corrected chi connectivity index (χ3v) is 5.16. The summed E-state index contributed by atoms with van der Waals surface area (Å²) in [4.78, 5) is 13.5. The third kappa shape index (κ3) is 4.65. The molecular weight excluding hydrogens is 397 g/mol. The van der Waals surface area contributed by atoms with Gasteiger partial charge in [-0.25, -0.2) is 14.4 Å². The molecule has 8 heteroatoms. The summed E-state index contributed by atoms with van der Waals surface area (Å²) in [6.45, 7) is 5.13. The van der Waals surface area contributed by atoms with E-state index in [2.05, 4.69) is 17.2 Å². The number of pyridine rings is 1. The Morgan fingerprint density at radius 3 is 2.68 bits per heavy atom. The lowest BCUT2D eigenvalue weighted by Crippen LogP contribution is -2.46. The molecule has 2 aromatic heterocycles. The molecule has 0 saturated heterocycles. The summed E-state index contributed by atoms with van der Waals surface area (Å²) < 4.78 is 21.7. The highest BCUT2D eigenvalue weighted by Gasteiger charge is 2.20. The summed E-state index contributed by atoms with van der Waals surface area (Å²) in [6, 6.07) is 9.10. The molecular formula is C23H26FN5O2. The third-order valence-electron chi connectivity index (χ3n) is 5.16.